The molecule has 4 heteroatoms. The van der Waals surface area contributed by atoms with Crippen molar-refractivity contribution in [3.63, 3.8) is 0 Å². The average Bonchev–Trinajstić information content (AvgIpc) is 2.36. The number of hydrogen-bond donors (Lipinski definition) is 1. The standard InChI is InChI=1S/C6H8N4/c1-4-5-6(9-2-7-4)10-3-8-5/h2-3,5-6H,1H3,(H,8,10). The van der Waals surface area contributed by atoms with Gasteiger partial charge in [-0.05, 0) is 6.92 Å². The van der Waals surface area contributed by atoms with Gasteiger partial charge in [-0.1, -0.05) is 0 Å². The summed E-state index contributed by atoms with van der Waals surface area (Å²) in [6.07, 6.45) is 3.30. The van der Waals surface area contributed by atoms with Gasteiger partial charge in [-0.3, -0.25) is 0 Å². The Morgan fingerprint density at radius 3 is 3.20 bits per heavy atom. The fraction of sp³-hybridized carbons (Fsp3) is 0.500. The average molecular weight is 136 g/mol. The highest BCUT2D eigenvalue weighted by Gasteiger charge is 2.26. The van der Waals surface area contributed by atoms with Crippen molar-refractivity contribution in [2.75, 3.05) is 0 Å². The van der Waals surface area contributed by atoms with Crippen LogP contribution in [0.1, 0.15) is 6.92 Å². The molecule has 0 aliphatic carbocycles. The molecule has 2 rings (SSSR count). The molecule has 2 aliphatic heterocycles. The third-order valence-electron chi connectivity index (χ3n) is 1.71. The van der Waals surface area contributed by atoms with Crippen molar-refractivity contribution in [1.82, 2.24) is 5.32 Å². The lowest BCUT2D eigenvalue weighted by atomic mass is 10.1. The van der Waals surface area contributed by atoms with Gasteiger partial charge in [0.25, 0.3) is 0 Å². The fourth-order valence-corrected chi connectivity index (χ4v) is 1.11. The van der Waals surface area contributed by atoms with E-state index in [0.717, 1.165) is 5.71 Å². The number of fused-ring (bicyclic) bond motifs is 1. The van der Waals surface area contributed by atoms with Crippen LogP contribution in [0.15, 0.2) is 15.0 Å². The number of hydrogen-bond acceptors (Lipinski definition) is 4. The van der Waals surface area contributed by atoms with Crippen LogP contribution < -0.4 is 5.32 Å². The van der Waals surface area contributed by atoms with Crippen LogP contribution in [-0.4, -0.2) is 30.6 Å². The Morgan fingerprint density at radius 1 is 1.50 bits per heavy atom. The summed E-state index contributed by atoms with van der Waals surface area (Å²) in [6.45, 7) is 1.98. The van der Waals surface area contributed by atoms with Gasteiger partial charge >= 0.3 is 0 Å². The summed E-state index contributed by atoms with van der Waals surface area (Å²) in [5.74, 6) is 0. The molecule has 2 atom stereocenters. The number of nitrogens with zero attached hydrogens (tertiary/aromatic N) is 3. The van der Waals surface area contributed by atoms with Crippen molar-refractivity contribution in [2.24, 2.45) is 15.0 Å². The van der Waals surface area contributed by atoms with Crippen molar-refractivity contribution in [2.45, 2.75) is 19.1 Å². The SMILES string of the molecule is CC1=NC=NC2N=CNC12. The lowest BCUT2D eigenvalue weighted by Gasteiger charge is -2.16. The predicted octanol–water partition coefficient (Wildman–Crippen LogP) is -0.185. The van der Waals surface area contributed by atoms with Crippen LogP contribution in [0.25, 0.3) is 0 Å². The van der Waals surface area contributed by atoms with E-state index in [0.29, 0.717) is 0 Å². The molecule has 0 aromatic carbocycles. The second-order valence-electron chi connectivity index (χ2n) is 2.37. The minimum Gasteiger partial charge on any atom is -0.364 e. The summed E-state index contributed by atoms with van der Waals surface area (Å²) >= 11 is 0. The van der Waals surface area contributed by atoms with Crippen molar-refractivity contribution < 1.29 is 0 Å². The van der Waals surface area contributed by atoms with Gasteiger partial charge in [0.1, 0.15) is 12.4 Å². The van der Waals surface area contributed by atoms with Gasteiger partial charge < -0.3 is 5.32 Å². The molecule has 52 valence electrons. The molecule has 2 unspecified atom stereocenters. The van der Waals surface area contributed by atoms with Gasteiger partial charge in [-0.2, -0.15) is 0 Å². The number of aliphatic imine (C=N–C) groups is 3. The third kappa shape index (κ3) is 0.650. The van der Waals surface area contributed by atoms with Gasteiger partial charge in [0, 0.05) is 5.71 Å². The van der Waals surface area contributed by atoms with E-state index in [2.05, 4.69) is 20.3 Å². The van der Waals surface area contributed by atoms with Gasteiger partial charge in [0.05, 0.1) is 6.34 Å². The van der Waals surface area contributed by atoms with Crippen molar-refractivity contribution in [1.29, 1.82) is 0 Å². The topological polar surface area (TPSA) is 49.1 Å². The summed E-state index contributed by atoms with van der Waals surface area (Å²) in [6, 6.07) is 0.213. The molecule has 0 aromatic rings. The summed E-state index contributed by atoms with van der Waals surface area (Å²) in [7, 11) is 0. The lowest BCUT2D eigenvalue weighted by molar-refractivity contribution is 0.650. The number of rotatable bonds is 0. The minimum absolute atomic E-state index is 0.0394. The number of nitrogens with one attached hydrogen (secondary N) is 1. The Labute approximate surface area is 58.8 Å². The second kappa shape index (κ2) is 1.90. The first kappa shape index (κ1) is 5.58. The normalized spacial score (nSPS) is 35.1. The maximum atomic E-state index is 4.09. The first-order valence-electron chi connectivity index (χ1n) is 3.21. The largest absolute Gasteiger partial charge is 0.364 e. The molecule has 0 aromatic heterocycles. The maximum Gasteiger partial charge on any atom is 0.168 e. The summed E-state index contributed by atoms with van der Waals surface area (Å²) < 4.78 is 0. The summed E-state index contributed by atoms with van der Waals surface area (Å²) in [4.78, 5) is 12.2. The Hall–Kier alpha value is -1.19. The van der Waals surface area contributed by atoms with E-state index in [1.165, 1.54) is 0 Å². The molecule has 0 saturated heterocycles. The molecule has 1 N–H and O–H groups in total. The van der Waals surface area contributed by atoms with Gasteiger partial charge in [-0.15, -0.1) is 0 Å². The van der Waals surface area contributed by atoms with Gasteiger partial charge in [-0.25, -0.2) is 15.0 Å². The molecule has 2 heterocycles. The molecular weight excluding hydrogens is 128 g/mol. The molecule has 2 aliphatic rings. The quantitative estimate of drug-likeness (QED) is 0.493. The molecule has 0 saturated carbocycles. The lowest BCUT2D eigenvalue weighted by Crippen LogP contribution is -2.39. The zero-order valence-electron chi connectivity index (χ0n) is 5.65. The van der Waals surface area contributed by atoms with Crippen LogP contribution in [0, 0.1) is 0 Å². The highest BCUT2D eigenvalue weighted by Crippen LogP contribution is 2.09. The van der Waals surface area contributed by atoms with E-state index >= 15 is 0 Å². The van der Waals surface area contributed by atoms with Crippen LogP contribution in [0.2, 0.25) is 0 Å². The van der Waals surface area contributed by atoms with E-state index in [4.69, 9.17) is 0 Å². The highest BCUT2D eigenvalue weighted by atomic mass is 15.2. The minimum atomic E-state index is 0.0394. The zero-order valence-corrected chi connectivity index (χ0v) is 5.65. The van der Waals surface area contributed by atoms with Crippen LogP contribution in [0.4, 0.5) is 0 Å². The maximum absolute atomic E-state index is 4.09. The Bertz CT molecular complexity index is 228. The molecule has 0 spiro atoms. The zero-order chi connectivity index (χ0) is 6.97. The van der Waals surface area contributed by atoms with E-state index in [1.54, 1.807) is 12.7 Å². The summed E-state index contributed by atoms with van der Waals surface area (Å²) in [5.41, 5.74) is 1.05. The molecule has 0 fully saturated rings. The fourth-order valence-electron chi connectivity index (χ4n) is 1.11. The van der Waals surface area contributed by atoms with E-state index < -0.39 is 0 Å². The van der Waals surface area contributed by atoms with E-state index in [9.17, 15) is 0 Å². The molecule has 0 radical (unpaired) electrons. The van der Waals surface area contributed by atoms with Crippen molar-refractivity contribution in [3.8, 4) is 0 Å². The third-order valence-corrected chi connectivity index (χ3v) is 1.71. The molecule has 4 nitrogen and oxygen atoms in total. The van der Waals surface area contributed by atoms with Crippen molar-refractivity contribution in [3.05, 3.63) is 0 Å². The smallest absolute Gasteiger partial charge is 0.168 e. The Kier molecular flexibility index (Phi) is 1.06. The first-order chi connectivity index (χ1) is 4.88. The predicted molar refractivity (Wildman–Crippen MR) is 40.8 cm³/mol. The van der Waals surface area contributed by atoms with Gasteiger partial charge in [0.2, 0.25) is 0 Å². The Balaban J connectivity index is 2.29. The van der Waals surface area contributed by atoms with E-state index in [-0.39, 0.29) is 12.2 Å². The van der Waals surface area contributed by atoms with Gasteiger partial charge in [0.15, 0.2) is 6.17 Å². The van der Waals surface area contributed by atoms with Crippen LogP contribution in [0.5, 0.6) is 0 Å². The Morgan fingerprint density at radius 2 is 2.40 bits per heavy atom. The molecule has 0 amide bonds. The second-order valence-corrected chi connectivity index (χ2v) is 2.37. The van der Waals surface area contributed by atoms with E-state index in [1.807, 2.05) is 6.92 Å². The summed E-state index contributed by atoms with van der Waals surface area (Å²) in [5, 5.41) is 3.07. The van der Waals surface area contributed by atoms with Crippen LogP contribution in [0.3, 0.4) is 0 Å². The van der Waals surface area contributed by atoms with Crippen molar-refractivity contribution >= 4 is 18.4 Å². The van der Waals surface area contributed by atoms with Crippen LogP contribution >= 0.6 is 0 Å². The molecular formula is C6H8N4. The monoisotopic (exact) mass is 136 g/mol. The molecule has 0 bridgehead atoms. The van der Waals surface area contributed by atoms with Crippen LogP contribution in [-0.2, 0) is 0 Å². The molecule has 10 heavy (non-hydrogen) atoms. The highest BCUT2D eigenvalue weighted by molar-refractivity contribution is 5.97. The first-order valence-corrected chi connectivity index (χ1v) is 3.21.